The molecule has 18 heavy (non-hydrogen) atoms. The van der Waals surface area contributed by atoms with E-state index in [9.17, 15) is 4.79 Å². The van der Waals surface area contributed by atoms with Crippen molar-refractivity contribution in [1.29, 1.82) is 0 Å². The van der Waals surface area contributed by atoms with Crippen molar-refractivity contribution in [2.45, 2.75) is 57.8 Å². The second-order valence-electron chi connectivity index (χ2n) is 5.85. The van der Waals surface area contributed by atoms with Crippen LogP contribution in [0.25, 0.3) is 0 Å². The first-order chi connectivity index (χ1) is 8.14. The van der Waals surface area contributed by atoms with Gasteiger partial charge in [-0.15, -0.1) is 0 Å². The maximum Gasteiger partial charge on any atom is 0.305 e. The number of rotatable bonds is 6. The van der Waals surface area contributed by atoms with Gasteiger partial charge in [-0.05, 0) is 28.6 Å². The van der Waals surface area contributed by atoms with Crippen LogP contribution in [0.2, 0.25) is 18.1 Å². The van der Waals surface area contributed by atoms with Crippen LogP contribution >= 0.6 is 22.6 Å². The monoisotopic (exact) mass is 384 g/mol. The van der Waals surface area contributed by atoms with Gasteiger partial charge in [0.2, 0.25) is 0 Å². The minimum Gasteiger partial charge on any atom is -0.469 e. The molecule has 0 heterocycles. The number of hydrogen-bond donors (Lipinski definition) is 0. The van der Waals surface area contributed by atoms with Gasteiger partial charge in [0.25, 0.3) is 0 Å². The molecule has 0 N–H and O–H groups in total. The molecule has 0 amide bonds. The predicted molar refractivity (Wildman–Crippen MR) is 86.5 cm³/mol. The van der Waals surface area contributed by atoms with E-state index in [0.29, 0.717) is 12.8 Å². The second-order valence-corrected chi connectivity index (χ2v) is 11.3. The molecule has 106 valence electrons. The number of halogens is 1. The molecule has 1 atom stereocenters. The lowest BCUT2D eigenvalue weighted by molar-refractivity contribution is -0.141. The summed E-state index contributed by atoms with van der Waals surface area (Å²) in [7, 11) is -0.377. The number of ether oxygens (including phenoxy) is 1. The average molecular weight is 384 g/mol. The fourth-order valence-corrected chi connectivity index (χ4v) is 2.96. The van der Waals surface area contributed by atoms with E-state index < -0.39 is 8.32 Å². The summed E-state index contributed by atoms with van der Waals surface area (Å²) in [6.07, 6.45) is 3.10. The molecule has 0 aromatic carbocycles. The third-order valence-electron chi connectivity index (χ3n) is 3.40. The highest BCUT2D eigenvalue weighted by molar-refractivity contribution is 14.1. The summed E-state index contributed by atoms with van der Waals surface area (Å²) in [5.74, 6) is -0.180. The number of methoxy groups -OCH3 is 1. The van der Waals surface area contributed by atoms with Crippen LogP contribution in [0.4, 0.5) is 0 Å². The Balaban J connectivity index is 4.58. The molecular weight excluding hydrogens is 359 g/mol. The van der Waals surface area contributed by atoms with E-state index >= 15 is 0 Å². The summed E-state index contributed by atoms with van der Waals surface area (Å²) in [4.78, 5) is 11.2. The van der Waals surface area contributed by atoms with Gasteiger partial charge in [0.15, 0.2) is 8.32 Å². The molecule has 0 bridgehead atoms. The SMILES string of the molecule is COC(=O)CC[C@@H](/C=C/I)O[Si](C)(C)C(C)(C)C. The molecular formula is C13H25IO3Si. The van der Waals surface area contributed by atoms with Crippen molar-refractivity contribution < 1.29 is 14.0 Å². The third kappa shape index (κ3) is 6.33. The standard InChI is InChI=1S/C13H25IO3Si/c1-13(2,3)18(5,6)17-11(9-10-14)7-8-12(15)16-4/h9-11H,7-8H2,1-6H3/b10-9+/t11-/m0/s1. The molecule has 0 radical (unpaired) electrons. The number of esters is 1. The predicted octanol–water partition coefficient (Wildman–Crippen LogP) is 4.28. The molecule has 0 aromatic heterocycles. The minimum absolute atomic E-state index is 0.00175. The number of hydrogen-bond acceptors (Lipinski definition) is 3. The van der Waals surface area contributed by atoms with Crippen molar-refractivity contribution in [3.8, 4) is 0 Å². The van der Waals surface area contributed by atoms with Crippen molar-refractivity contribution in [3.05, 3.63) is 10.2 Å². The van der Waals surface area contributed by atoms with E-state index in [2.05, 4.69) is 61.2 Å². The molecule has 0 aliphatic carbocycles. The number of carbonyl (C=O) groups is 1. The Morgan fingerprint density at radius 1 is 1.39 bits per heavy atom. The van der Waals surface area contributed by atoms with E-state index in [1.807, 2.05) is 10.2 Å². The van der Waals surface area contributed by atoms with Crippen molar-refractivity contribution in [2.24, 2.45) is 0 Å². The summed E-state index contributed by atoms with van der Waals surface area (Å²) in [5, 5.41) is 0.176. The van der Waals surface area contributed by atoms with Gasteiger partial charge in [-0.3, -0.25) is 4.79 Å². The smallest absolute Gasteiger partial charge is 0.305 e. The van der Waals surface area contributed by atoms with Crippen LogP contribution in [0.3, 0.4) is 0 Å². The molecule has 0 saturated heterocycles. The van der Waals surface area contributed by atoms with Crippen molar-refractivity contribution in [2.75, 3.05) is 7.11 Å². The summed E-state index contributed by atoms with van der Waals surface area (Å²) in [6, 6.07) is 0. The van der Waals surface area contributed by atoms with Gasteiger partial charge in [-0.2, -0.15) is 0 Å². The molecule has 5 heteroatoms. The zero-order chi connectivity index (χ0) is 14.4. The Kier molecular flexibility index (Phi) is 7.69. The zero-order valence-corrected chi connectivity index (χ0v) is 15.4. The first-order valence-corrected chi connectivity index (χ1v) is 10.3. The van der Waals surface area contributed by atoms with Crippen LogP contribution in [-0.4, -0.2) is 27.5 Å². The van der Waals surface area contributed by atoms with E-state index in [4.69, 9.17) is 4.43 Å². The fraction of sp³-hybridized carbons (Fsp3) is 0.769. The topological polar surface area (TPSA) is 35.5 Å². The first kappa shape index (κ1) is 18.1. The lowest BCUT2D eigenvalue weighted by atomic mass is 10.2. The van der Waals surface area contributed by atoms with Crippen LogP contribution in [0.1, 0.15) is 33.6 Å². The quantitative estimate of drug-likeness (QED) is 0.390. The highest BCUT2D eigenvalue weighted by Crippen LogP contribution is 2.37. The van der Waals surface area contributed by atoms with Gasteiger partial charge < -0.3 is 9.16 Å². The molecule has 3 nitrogen and oxygen atoms in total. The van der Waals surface area contributed by atoms with Gasteiger partial charge in [-0.1, -0.05) is 49.4 Å². The summed E-state index contributed by atoms with van der Waals surface area (Å²) in [6.45, 7) is 11.1. The molecule has 0 unspecified atom stereocenters. The van der Waals surface area contributed by atoms with Crippen LogP contribution in [0, 0.1) is 0 Å². The van der Waals surface area contributed by atoms with Crippen LogP contribution in [-0.2, 0) is 14.0 Å². The van der Waals surface area contributed by atoms with Gasteiger partial charge in [0.05, 0.1) is 13.2 Å². The van der Waals surface area contributed by atoms with Crippen LogP contribution < -0.4 is 0 Å². The highest BCUT2D eigenvalue weighted by Gasteiger charge is 2.38. The van der Waals surface area contributed by atoms with Crippen molar-refractivity contribution in [3.63, 3.8) is 0 Å². The van der Waals surface area contributed by atoms with Gasteiger partial charge >= 0.3 is 5.97 Å². The number of carbonyl (C=O) groups excluding carboxylic acids is 1. The molecule has 0 saturated carbocycles. The average Bonchev–Trinajstić information content (AvgIpc) is 2.23. The van der Waals surface area contributed by atoms with E-state index in [1.165, 1.54) is 7.11 Å². The maximum atomic E-state index is 11.2. The molecule has 0 fully saturated rings. The van der Waals surface area contributed by atoms with Gasteiger partial charge in [0, 0.05) is 6.42 Å². The Morgan fingerprint density at radius 3 is 2.33 bits per heavy atom. The highest BCUT2D eigenvalue weighted by atomic mass is 127. The largest absolute Gasteiger partial charge is 0.469 e. The third-order valence-corrected chi connectivity index (χ3v) is 8.32. The fourth-order valence-electron chi connectivity index (χ4n) is 1.19. The lowest BCUT2D eigenvalue weighted by Crippen LogP contribution is -2.43. The van der Waals surface area contributed by atoms with Crippen molar-refractivity contribution >= 4 is 36.9 Å². The molecule has 0 rings (SSSR count). The Hall–Kier alpha value is 0.117. The normalized spacial score (nSPS) is 14.8. The lowest BCUT2D eigenvalue weighted by Gasteiger charge is -2.38. The van der Waals surface area contributed by atoms with E-state index in [-0.39, 0.29) is 17.1 Å². The van der Waals surface area contributed by atoms with Gasteiger partial charge in [0.1, 0.15) is 0 Å². The van der Waals surface area contributed by atoms with E-state index in [1.54, 1.807) is 0 Å². The van der Waals surface area contributed by atoms with Crippen LogP contribution in [0.15, 0.2) is 10.2 Å². The summed E-state index contributed by atoms with van der Waals surface area (Å²) >= 11 is 2.18. The minimum atomic E-state index is -1.79. The zero-order valence-electron chi connectivity index (χ0n) is 12.2. The summed E-state index contributed by atoms with van der Waals surface area (Å²) < 4.78 is 12.9. The Bertz CT molecular complexity index is 295. The summed E-state index contributed by atoms with van der Waals surface area (Å²) in [5.41, 5.74) is 0. The van der Waals surface area contributed by atoms with E-state index in [0.717, 1.165) is 0 Å². The maximum absolute atomic E-state index is 11.2. The first-order valence-electron chi connectivity index (χ1n) is 6.15. The Morgan fingerprint density at radius 2 is 1.94 bits per heavy atom. The van der Waals surface area contributed by atoms with Gasteiger partial charge in [-0.25, -0.2) is 0 Å². The van der Waals surface area contributed by atoms with Crippen molar-refractivity contribution in [1.82, 2.24) is 0 Å². The second kappa shape index (κ2) is 7.64. The molecule has 0 spiro atoms. The van der Waals surface area contributed by atoms with Crippen LogP contribution in [0.5, 0.6) is 0 Å². The molecule has 0 aliphatic rings. The molecule has 0 aromatic rings. The Labute approximate surface area is 126 Å². The molecule has 0 aliphatic heterocycles.